The van der Waals surface area contributed by atoms with Crippen LogP contribution in [0.25, 0.3) is 5.65 Å². The molecule has 4 fully saturated rings. The largest absolute Gasteiger partial charge is 0.396 e. The molecule has 2 aromatic heterocycles. The molecule has 32 heavy (non-hydrogen) atoms. The fraction of sp³-hybridized carbons (Fsp3) is 0.480. The van der Waals surface area contributed by atoms with Gasteiger partial charge in [-0.15, -0.1) is 5.10 Å². The van der Waals surface area contributed by atoms with Gasteiger partial charge in [0.15, 0.2) is 5.65 Å². The number of benzene rings is 1. The number of hydrogen-bond acceptors (Lipinski definition) is 5. The van der Waals surface area contributed by atoms with Gasteiger partial charge in [0.05, 0.1) is 11.9 Å². The van der Waals surface area contributed by atoms with E-state index >= 15 is 0 Å². The molecule has 1 atom stereocenters. The molecule has 0 unspecified atom stereocenters. The van der Waals surface area contributed by atoms with E-state index in [1.54, 1.807) is 4.52 Å². The van der Waals surface area contributed by atoms with Crippen molar-refractivity contribution >= 4 is 17.2 Å². The molecule has 1 saturated heterocycles. The van der Waals surface area contributed by atoms with Crippen LogP contribution in [0, 0.1) is 12.3 Å². The Morgan fingerprint density at radius 3 is 2.69 bits per heavy atom. The summed E-state index contributed by atoms with van der Waals surface area (Å²) in [4.78, 5) is 19.7. The van der Waals surface area contributed by atoms with E-state index in [9.17, 15) is 9.90 Å². The monoisotopic (exact) mass is 431 g/mol. The molecule has 3 heterocycles. The van der Waals surface area contributed by atoms with E-state index in [0.29, 0.717) is 5.65 Å². The van der Waals surface area contributed by atoms with E-state index in [-0.39, 0.29) is 34.7 Å². The Kier molecular flexibility index (Phi) is 4.03. The number of amides is 1. The van der Waals surface area contributed by atoms with E-state index in [1.807, 2.05) is 13.1 Å². The smallest absolute Gasteiger partial charge is 0.291 e. The molecule has 3 aliphatic carbocycles. The highest BCUT2D eigenvalue weighted by Gasteiger charge is 2.68. The first-order valence-electron chi connectivity index (χ1n) is 11.4. The minimum atomic E-state index is -0.223. The van der Waals surface area contributed by atoms with Gasteiger partial charge in [0.1, 0.15) is 0 Å². The van der Waals surface area contributed by atoms with Crippen LogP contribution in [0.4, 0.5) is 5.69 Å². The molecule has 7 nitrogen and oxygen atoms in total. The summed E-state index contributed by atoms with van der Waals surface area (Å²) in [5.41, 5.74) is 4.21. The number of rotatable bonds is 5. The van der Waals surface area contributed by atoms with Crippen molar-refractivity contribution in [3.8, 4) is 0 Å². The molecule has 1 aliphatic heterocycles. The molecule has 2 bridgehead atoms. The number of anilines is 1. The SMILES string of the molecule is Cc1cc(N2CC[C@](C)(c3ccccc3)C2)cn2nc(C(=O)NC34CC(CO)(C3)C4)nc12. The summed E-state index contributed by atoms with van der Waals surface area (Å²) >= 11 is 0. The summed E-state index contributed by atoms with van der Waals surface area (Å²) in [5, 5.41) is 17.1. The maximum Gasteiger partial charge on any atom is 0.291 e. The van der Waals surface area contributed by atoms with E-state index < -0.39 is 0 Å². The van der Waals surface area contributed by atoms with Gasteiger partial charge in [-0.1, -0.05) is 37.3 Å². The molecule has 1 amide bonds. The van der Waals surface area contributed by atoms with Gasteiger partial charge in [-0.05, 0) is 49.8 Å². The van der Waals surface area contributed by atoms with Gasteiger partial charge < -0.3 is 15.3 Å². The van der Waals surface area contributed by atoms with Crippen LogP contribution in [-0.2, 0) is 5.41 Å². The van der Waals surface area contributed by atoms with E-state index in [2.05, 4.69) is 63.6 Å². The highest BCUT2D eigenvalue weighted by molar-refractivity contribution is 5.92. The number of hydrogen-bond donors (Lipinski definition) is 2. The Labute approximate surface area is 187 Å². The molecule has 0 spiro atoms. The Morgan fingerprint density at radius 2 is 1.97 bits per heavy atom. The fourth-order valence-electron chi connectivity index (χ4n) is 6.25. The van der Waals surface area contributed by atoms with Gasteiger partial charge in [0.2, 0.25) is 5.82 Å². The summed E-state index contributed by atoms with van der Waals surface area (Å²) in [6.45, 7) is 6.48. The Hall–Kier alpha value is -2.93. The van der Waals surface area contributed by atoms with Crippen molar-refractivity contribution in [2.45, 2.75) is 50.5 Å². The van der Waals surface area contributed by atoms with Gasteiger partial charge in [-0.2, -0.15) is 0 Å². The number of aryl methyl sites for hydroxylation is 1. The number of nitrogens with one attached hydrogen (secondary N) is 1. The minimum absolute atomic E-state index is 0.0507. The van der Waals surface area contributed by atoms with E-state index in [4.69, 9.17) is 0 Å². The number of fused-ring (bicyclic) bond motifs is 1. The van der Waals surface area contributed by atoms with Crippen LogP contribution in [0.15, 0.2) is 42.6 Å². The molecular formula is C25H29N5O2. The standard InChI is InChI=1S/C25H29N5O2/c1-17-10-19(29-9-8-23(2,15-29)18-6-4-3-5-7-18)11-30-21(17)26-20(28-30)22(32)27-25-12-24(13-25,14-25)16-31/h3-7,10-11,31H,8-9,12-16H2,1-2H3,(H,27,32)/t23-,24?,25?/m0/s1. The molecule has 166 valence electrons. The van der Waals surface area contributed by atoms with Crippen molar-refractivity contribution < 1.29 is 9.90 Å². The van der Waals surface area contributed by atoms with Crippen LogP contribution < -0.4 is 10.2 Å². The molecule has 3 aromatic rings. The van der Waals surface area contributed by atoms with Crippen molar-refractivity contribution in [3.63, 3.8) is 0 Å². The van der Waals surface area contributed by atoms with Crippen molar-refractivity contribution in [1.82, 2.24) is 19.9 Å². The zero-order valence-corrected chi connectivity index (χ0v) is 18.6. The second-order valence-corrected chi connectivity index (χ2v) is 10.6. The molecular weight excluding hydrogens is 402 g/mol. The molecule has 3 saturated carbocycles. The summed E-state index contributed by atoms with van der Waals surface area (Å²) in [6.07, 6.45) is 5.65. The van der Waals surface area contributed by atoms with Crippen LogP contribution in [0.1, 0.15) is 54.4 Å². The van der Waals surface area contributed by atoms with Crippen LogP contribution in [0.2, 0.25) is 0 Å². The lowest BCUT2D eigenvalue weighted by Gasteiger charge is -2.70. The number of nitrogens with zero attached hydrogens (tertiary/aromatic N) is 4. The van der Waals surface area contributed by atoms with Gasteiger partial charge in [-0.3, -0.25) is 4.79 Å². The molecule has 1 aromatic carbocycles. The zero-order chi connectivity index (χ0) is 22.1. The second kappa shape index (κ2) is 6.54. The highest BCUT2D eigenvalue weighted by Crippen LogP contribution is 2.66. The van der Waals surface area contributed by atoms with Crippen LogP contribution in [0.5, 0.6) is 0 Å². The maximum atomic E-state index is 12.8. The lowest BCUT2D eigenvalue weighted by molar-refractivity contribution is -0.172. The summed E-state index contributed by atoms with van der Waals surface area (Å²) in [7, 11) is 0. The van der Waals surface area contributed by atoms with E-state index in [0.717, 1.165) is 50.0 Å². The summed E-state index contributed by atoms with van der Waals surface area (Å²) in [5.74, 6) is -0.0118. The first-order chi connectivity index (χ1) is 15.3. The number of aromatic nitrogens is 3. The predicted octanol–water partition coefficient (Wildman–Crippen LogP) is 2.85. The lowest BCUT2D eigenvalue weighted by Crippen LogP contribution is -2.75. The molecule has 2 N–H and O–H groups in total. The minimum Gasteiger partial charge on any atom is -0.396 e. The second-order valence-electron chi connectivity index (χ2n) is 10.6. The Bertz CT molecular complexity index is 1200. The lowest BCUT2D eigenvalue weighted by atomic mass is 9.39. The zero-order valence-electron chi connectivity index (χ0n) is 18.6. The van der Waals surface area contributed by atoms with Gasteiger partial charge in [-0.25, -0.2) is 9.50 Å². The van der Waals surface area contributed by atoms with Crippen LogP contribution in [-0.4, -0.2) is 50.8 Å². The number of carbonyl (C=O) groups is 1. The van der Waals surface area contributed by atoms with Crippen molar-refractivity contribution in [2.75, 3.05) is 24.6 Å². The summed E-state index contributed by atoms with van der Waals surface area (Å²) in [6, 6.07) is 12.9. The normalized spacial score (nSPS) is 30.8. The van der Waals surface area contributed by atoms with Gasteiger partial charge in [0.25, 0.3) is 5.91 Å². The topological polar surface area (TPSA) is 82.8 Å². The third-order valence-corrected chi connectivity index (χ3v) is 7.97. The molecule has 4 aliphatic rings. The number of carbonyl (C=O) groups excluding carboxylic acids is 1. The van der Waals surface area contributed by atoms with Crippen molar-refractivity contribution in [3.05, 3.63) is 59.5 Å². The first-order valence-corrected chi connectivity index (χ1v) is 11.4. The predicted molar refractivity (Wildman–Crippen MR) is 122 cm³/mol. The number of pyridine rings is 1. The summed E-state index contributed by atoms with van der Waals surface area (Å²) < 4.78 is 1.75. The average Bonchev–Trinajstić information content (AvgIpc) is 3.35. The van der Waals surface area contributed by atoms with Crippen molar-refractivity contribution in [1.29, 1.82) is 0 Å². The van der Waals surface area contributed by atoms with Crippen LogP contribution >= 0.6 is 0 Å². The van der Waals surface area contributed by atoms with E-state index in [1.165, 1.54) is 5.56 Å². The van der Waals surface area contributed by atoms with Gasteiger partial charge in [0, 0.05) is 36.1 Å². The number of aliphatic hydroxyl groups excluding tert-OH is 1. The van der Waals surface area contributed by atoms with Gasteiger partial charge >= 0.3 is 0 Å². The molecule has 7 heteroatoms. The third kappa shape index (κ3) is 2.87. The quantitative estimate of drug-likeness (QED) is 0.649. The Morgan fingerprint density at radius 1 is 1.22 bits per heavy atom. The third-order valence-electron chi connectivity index (χ3n) is 7.97. The molecule has 0 radical (unpaired) electrons. The highest BCUT2D eigenvalue weighted by atomic mass is 16.3. The maximum absolute atomic E-state index is 12.8. The molecule has 7 rings (SSSR count). The average molecular weight is 432 g/mol. The van der Waals surface area contributed by atoms with Crippen LogP contribution in [0.3, 0.4) is 0 Å². The Balaban J connectivity index is 1.22. The fourth-order valence-corrected chi connectivity index (χ4v) is 6.25. The first kappa shape index (κ1) is 19.7. The number of aliphatic hydroxyl groups is 1. The van der Waals surface area contributed by atoms with Crippen molar-refractivity contribution in [2.24, 2.45) is 5.41 Å².